The van der Waals surface area contributed by atoms with Crippen molar-refractivity contribution in [1.29, 1.82) is 0 Å². The fraction of sp³-hybridized carbons (Fsp3) is 0.412. The second-order valence-corrected chi connectivity index (χ2v) is 5.36. The van der Waals surface area contributed by atoms with Gasteiger partial charge in [-0.25, -0.2) is 0 Å². The summed E-state index contributed by atoms with van der Waals surface area (Å²) in [7, 11) is 0. The van der Waals surface area contributed by atoms with Crippen molar-refractivity contribution in [2.75, 3.05) is 6.61 Å². The lowest BCUT2D eigenvalue weighted by molar-refractivity contribution is 0.164. The van der Waals surface area contributed by atoms with Crippen LogP contribution in [0.5, 0.6) is 11.5 Å². The van der Waals surface area contributed by atoms with Gasteiger partial charge in [0.2, 0.25) is 0 Å². The first kappa shape index (κ1) is 14.0. The Morgan fingerprint density at radius 3 is 3.00 bits per heavy atom. The maximum atomic E-state index is 10.5. The summed E-state index contributed by atoms with van der Waals surface area (Å²) in [6.07, 6.45) is 2.40. The molecule has 0 saturated heterocycles. The fourth-order valence-corrected chi connectivity index (χ4v) is 2.73. The molecule has 3 rings (SSSR count). The Balaban J connectivity index is 1.90. The van der Waals surface area contributed by atoms with Crippen LogP contribution in [0, 0.1) is 0 Å². The average Bonchev–Trinajstić information content (AvgIpc) is 3.06. The smallest absolute Gasteiger partial charge is 0.125 e. The van der Waals surface area contributed by atoms with Crippen molar-refractivity contribution in [2.45, 2.75) is 38.9 Å². The number of rotatable bonds is 5. The molecule has 1 aliphatic rings. The molecule has 2 unspecified atom stereocenters. The summed E-state index contributed by atoms with van der Waals surface area (Å²) in [5.74, 6) is 2.33. The van der Waals surface area contributed by atoms with E-state index in [2.05, 4.69) is 0 Å². The number of hydrogen-bond acceptors (Lipinski definition) is 4. The van der Waals surface area contributed by atoms with E-state index >= 15 is 0 Å². The molecule has 0 fully saturated rings. The molecule has 0 spiro atoms. The van der Waals surface area contributed by atoms with Crippen molar-refractivity contribution in [2.24, 2.45) is 0 Å². The van der Waals surface area contributed by atoms with E-state index in [1.807, 2.05) is 38.1 Å². The van der Waals surface area contributed by atoms with Crippen molar-refractivity contribution in [3.63, 3.8) is 0 Å². The molecule has 0 bridgehead atoms. The standard InChI is InChI=1S/C17H20O4/c1-3-19-17-8-12-7-11(2)21-16(12)10-14(17)15(18)9-13-5-4-6-20-13/h4-6,8,10-11,15,18H,3,7,9H2,1-2H3. The van der Waals surface area contributed by atoms with Gasteiger partial charge < -0.3 is 19.0 Å². The zero-order valence-electron chi connectivity index (χ0n) is 12.3. The van der Waals surface area contributed by atoms with Gasteiger partial charge in [0.15, 0.2) is 0 Å². The van der Waals surface area contributed by atoms with Crippen LogP contribution >= 0.6 is 0 Å². The monoisotopic (exact) mass is 288 g/mol. The number of hydrogen-bond donors (Lipinski definition) is 1. The van der Waals surface area contributed by atoms with E-state index < -0.39 is 6.10 Å². The number of aliphatic hydroxyl groups is 1. The molecule has 1 N–H and O–H groups in total. The molecule has 21 heavy (non-hydrogen) atoms. The quantitative estimate of drug-likeness (QED) is 0.917. The summed E-state index contributed by atoms with van der Waals surface area (Å²) in [6.45, 7) is 4.55. The molecule has 1 aliphatic heterocycles. The zero-order valence-corrected chi connectivity index (χ0v) is 12.3. The van der Waals surface area contributed by atoms with E-state index in [1.165, 1.54) is 0 Å². The fourth-order valence-electron chi connectivity index (χ4n) is 2.73. The van der Waals surface area contributed by atoms with Gasteiger partial charge in [0.25, 0.3) is 0 Å². The van der Waals surface area contributed by atoms with Gasteiger partial charge in [0.1, 0.15) is 23.4 Å². The van der Waals surface area contributed by atoms with Gasteiger partial charge in [-0.05, 0) is 38.1 Å². The Morgan fingerprint density at radius 2 is 2.29 bits per heavy atom. The Labute approximate surface area is 124 Å². The maximum Gasteiger partial charge on any atom is 0.125 e. The Hall–Kier alpha value is -1.94. The molecule has 2 heterocycles. The van der Waals surface area contributed by atoms with Crippen LogP contribution in [0.1, 0.15) is 36.8 Å². The summed E-state index contributed by atoms with van der Waals surface area (Å²) in [6, 6.07) is 7.56. The van der Waals surface area contributed by atoms with Gasteiger partial charge in [-0.15, -0.1) is 0 Å². The Bertz CT molecular complexity index is 604. The lowest BCUT2D eigenvalue weighted by Gasteiger charge is -2.16. The maximum absolute atomic E-state index is 10.5. The van der Waals surface area contributed by atoms with Crippen LogP contribution in [0.4, 0.5) is 0 Å². The van der Waals surface area contributed by atoms with Gasteiger partial charge in [0, 0.05) is 24.0 Å². The number of benzene rings is 1. The minimum atomic E-state index is -0.678. The van der Waals surface area contributed by atoms with E-state index in [9.17, 15) is 5.11 Å². The lowest BCUT2D eigenvalue weighted by atomic mass is 10.0. The molecule has 0 amide bonds. The molecule has 4 nitrogen and oxygen atoms in total. The lowest BCUT2D eigenvalue weighted by Crippen LogP contribution is -2.06. The molecule has 2 aromatic rings. The number of fused-ring (bicyclic) bond motifs is 1. The summed E-state index contributed by atoms with van der Waals surface area (Å²) in [5, 5.41) is 10.5. The molecule has 4 heteroatoms. The summed E-state index contributed by atoms with van der Waals surface area (Å²) in [5.41, 5.74) is 1.89. The van der Waals surface area contributed by atoms with Crippen LogP contribution in [-0.4, -0.2) is 17.8 Å². The van der Waals surface area contributed by atoms with Gasteiger partial charge >= 0.3 is 0 Å². The minimum Gasteiger partial charge on any atom is -0.493 e. The SMILES string of the molecule is CCOc1cc2c(cc1C(O)Cc1ccco1)OC(C)C2. The molecule has 1 aromatic carbocycles. The first-order chi connectivity index (χ1) is 10.2. The topological polar surface area (TPSA) is 51.8 Å². The predicted octanol–water partition coefficient (Wildman–Crippen LogP) is 3.28. The van der Waals surface area contributed by atoms with Crippen molar-refractivity contribution in [3.8, 4) is 11.5 Å². The van der Waals surface area contributed by atoms with E-state index in [4.69, 9.17) is 13.9 Å². The average molecular weight is 288 g/mol. The first-order valence-electron chi connectivity index (χ1n) is 7.34. The molecule has 112 valence electrons. The van der Waals surface area contributed by atoms with Crippen LogP contribution in [0.15, 0.2) is 34.9 Å². The van der Waals surface area contributed by atoms with Gasteiger partial charge in [-0.3, -0.25) is 0 Å². The largest absolute Gasteiger partial charge is 0.493 e. The summed E-state index contributed by atoms with van der Waals surface area (Å²) >= 11 is 0. The highest BCUT2D eigenvalue weighted by molar-refractivity contribution is 5.49. The van der Waals surface area contributed by atoms with E-state index in [0.717, 1.165) is 34.8 Å². The normalized spacial score (nSPS) is 18.1. The van der Waals surface area contributed by atoms with Crippen LogP contribution in [0.25, 0.3) is 0 Å². The second-order valence-electron chi connectivity index (χ2n) is 5.36. The van der Waals surface area contributed by atoms with Crippen LogP contribution in [0.3, 0.4) is 0 Å². The zero-order chi connectivity index (χ0) is 14.8. The molecule has 0 saturated carbocycles. The van der Waals surface area contributed by atoms with Crippen LogP contribution in [-0.2, 0) is 12.8 Å². The third-order valence-corrected chi connectivity index (χ3v) is 3.66. The highest BCUT2D eigenvalue weighted by atomic mass is 16.5. The Morgan fingerprint density at radius 1 is 1.43 bits per heavy atom. The minimum absolute atomic E-state index is 0.173. The van der Waals surface area contributed by atoms with Gasteiger partial charge in [-0.1, -0.05) is 0 Å². The third kappa shape index (κ3) is 2.90. The summed E-state index contributed by atoms with van der Waals surface area (Å²) in [4.78, 5) is 0. The van der Waals surface area contributed by atoms with Crippen molar-refractivity contribution in [1.82, 2.24) is 0 Å². The molecular formula is C17H20O4. The molecule has 0 radical (unpaired) electrons. The summed E-state index contributed by atoms with van der Waals surface area (Å²) < 4.78 is 16.8. The molecule has 0 aliphatic carbocycles. The van der Waals surface area contributed by atoms with E-state index in [1.54, 1.807) is 6.26 Å². The van der Waals surface area contributed by atoms with Crippen molar-refractivity contribution < 1.29 is 19.0 Å². The molecule has 2 atom stereocenters. The number of aliphatic hydroxyl groups excluding tert-OH is 1. The first-order valence-corrected chi connectivity index (χ1v) is 7.34. The third-order valence-electron chi connectivity index (χ3n) is 3.66. The highest BCUT2D eigenvalue weighted by Gasteiger charge is 2.24. The van der Waals surface area contributed by atoms with Crippen LogP contribution < -0.4 is 9.47 Å². The molecular weight excluding hydrogens is 268 g/mol. The number of ether oxygens (including phenoxy) is 2. The Kier molecular flexibility index (Phi) is 3.88. The van der Waals surface area contributed by atoms with Crippen LogP contribution in [0.2, 0.25) is 0 Å². The van der Waals surface area contributed by atoms with E-state index in [-0.39, 0.29) is 6.10 Å². The predicted molar refractivity (Wildman–Crippen MR) is 78.8 cm³/mol. The number of furan rings is 1. The molecule has 1 aromatic heterocycles. The van der Waals surface area contributed by atoms with Crippen molar-refractivity contribution in [3.05, 3.63) is 47.4 Å². The van der Waals surface area contributed by atoms with Crippen molar-refractivity contribution >= 4 is 0 Å². The van der Waals surface area contributed by atoms with Gasteiger partial charge in [-0.2, -0.15) is 0 Å². The second kappa shape index (κ2) is 5.82. The highest BCUT2D eigenvalue weighted by Crippen LogP contribution is 2.38. The van der Waals surface area contributed by atoms with Gasteiger partial charge in [0.05, 0.1) is 19.0 Å². The van der Waals surface area contributed by atoms with E-state index in [0.29, 0.717) is 13.0 Å².